The fraction of sp³-hybridized carbons (Fsp3) is 0.375. The minimum atomic E-state index is -1.95. The van der Waals surface area contributed by atoms with Gasteiger partial charge in [0.05, 0.1) is 32.6 Å². The fourth-order valence-electron chi connectivity index (χ4n) is 2.27. The summed E-state index contributed by atoms with van der Waals surface area (Å²) in [5.74, 6) is -1.88. The summed E-state index contributed by atoms with van der Waals surface area (Å²) < 4.78 is 29.5. The zero-order chi connectivity index (χ0) is 18.1. The number of ether oxygens (including phenoxy) is 3. The van der Waals surface area contributed by atoms with Crippen molar-refractivity contribution in [3.05, 3.63) is 22.8 Å². The van der Waals surface area contributed by atoms with Crippen molar-refractivity contribution in [1.29, 1.82) is 0 Å². The second kappa shape index (κ2) is 6.74. The number of carbonyl (C=O) groups is 2. The summed E-state index contributed by atoms with van der Waals surface area (Å²) in [6, 6.07) is 2.93. The number of halogens is 1. The minimum absolute atomic E-state index is 0.0524. The summed E-state index contributed by atoms with van der Waals surface area (Å²) in [7, 11) is 3.82. The van der Waals surface area contributed by atoms with Crippen molar-refractivity contribution in [2.24, 2.45) is 0 Å². The smallest absolute Gasteiger partial charge is 0.338 e. The summed E-state index contributed by atoms with van der Waals surface area (Å²) in [6.07, 6.45) is -0.470. The molecule has 0 amide bonds. The van der Waals surface area contributed by atoms with E-state index in [4.69, 9.17) is 9.47 Å². The molecule has 2 rings (SSSR count). The molecule has 0 aliphatic carbocycles. The van der Waals surface area contributed by atoms with Gasteiger partial charge in [0.1, 0.15) is 0 Å². The first-order valence-electron chi connectivity index (χ1n) is 6.93. The maximum atomic E-state index is 14.5. The van der Waals surface area contributed by atoms with Crippen molar-refractivity contribution in [2.45, 2.75) is 18.9 Å². The van der Waals surface area contributed by atoms with Gasteiger partial charge in [-0.25, -0.2) is 9.18 Å². The second-order valence-corrected chi connectivity index (χ2v) is 6.40. The average molecular weight is 356 g/mol. The molecule has 0 unspecified atom stereocenters. The number of ketones is 1. The predicted molar refractivity (Wildman–Crippen MR) is 86.5 cm³/mol. The molecule has 0 saturated heterocycles. The number of thiophene rings is 1. The van der Waals surface area contributed by atoms with Gasteiger partial charge in [0.2, 0.25) is 0 Å². The molecule has 0 spiro atoms. The van der Waals surface area contributed by atoms with Gasteiger partial charge in [-0.3, -0.25) is 4.79 Å². The molecule has 130 valence electrons. The third kappa shape index (κ3) is 3.20. The number of rotatable bonds is 6. The van der Waals surface area contributed by atoms with E-state index in [1.54, 1.807) is 6.07 Å². The molecule has 0 saturated carbocycles. The van der Waals surface area contributed by atoms with Crippen LogP contribution in [0.15, 0.2) is 12.1 Å². The number of hydrogen-bond acceptors (Lipinski definition) is 7. The Hall–Kier alpha value is -2.19. The number of benzene rings is 1. The Balaban J connectivity index is 2.42. The van der Waals surface area contributed by atoms with Crippen LogP contribution in [0, 0.1) is 5.82 Å². The molecule has 1 aromatic carbocycles. The number of fused-ring (bicyclic) bond motifs is 1. The van der Waals surface area contributed by atoms with Gasteiger partial charge in [0.25, 0.3) is 0 Å². The zero-order valence-corrected chi connectivity index (χ0v) is 14.5. The second-order valence-electron chi connectivity index (χ2n) is 5.31. The quantitative estimate of drug-likeness (QED) is 0.633. The highest BCUT2D eigenvalue weighted by Crippen LogP contribution is 2.40. The SMILES string of the molecule is COC(=O)[C@@](C)(O)CC(=O)c1cc2c(F)c(OC)c(OC)cc2s1. The standard InChI is InChI=1S/C16H17FO6S/c1-16(20,15(19)23-4)7-9(18)12-5-8-11(24-12)6-10(21-2)14(22-3)13(8)17/h5-6,20H,7H2,1-4H3/t16-/m0/s1. The normalized spacial score (nSPS) is 13.4. The van der Waals surface area contributed by atoms with Crippen LogP contribution in [0.1, 0.15) is 23.0 Å². The van der Waals surface area contributed by atoms with Gasteiger partial charge in [0, 0.05) is 16.2 Å². The van der Waals surface area contributed by atoms with Crippen LogP contribution in [0.4, 0.5) is 4.39 Å². The van der Waals surface area contributed by atoms with Crippen LogP contribution in [0.2, 0.25) is 0 Å². The summed E-state index contributed by atoms with van der Waals surface area (Å²) in [4.78, 5) is 24.0. The molecule has 2 aromatic rings. The maximum absolute atomic E-state index is 14.5. The molecule has 1 heterocycles. The van der Waals surface area contributed by atoms with Crippen molar-refractivity contribution >= 4 is 33.2 Å². The van der Waals surface area contributed by atoms with Crippen LogP contribution in [0.25, 0.3) is 10.1 Å². The van der Waals surface area contributed by atoms with Crippen LogP contribution in [0.3, 0.4) is 0 Å². The largest absolute Gasteiger partial charge is 0.493 e. The molecule has 24 heavy (non-hydrogen) atoms. The van der Waals surface area contributed by atoms with Crippen LogP contribution in [-0.2, 0) is 9.53 Å². The number of esters is 1. The first-order chi connectivity index (χ1) is 11.2. The van der Waals surface area contributed by atoms with Crippen molar-refractivity contribution in [3.63, 3.8) is 0 Å². The van der Waals surface area contributed by atoms with E-state index in [0.29, 0.717) is 4.70 Å². The summed E-state index contributed by atoms with van der Waals surface area (Å²) in [5, 5.41) is 10.2. The Morgan fingerprint density at radius 1 is 1.25 bits per heavy atom. The molecule has 1 N–H and O–H groups in total. The van der Waals surface area contributed by atoms with Crippen LogP contribution >= 0.6 is 11.3 Å². The lowest BCUT2D eigenvalue weighted by Crippen LogP contribution is -2.38. The van der Waals surface area contributed by atoms with Crippen LogP contribution in [0.5, 0.6) is 11.5 Å². The molecule has 0 aliphatic heterocycles. The third-order valence-corrected chi connectivity index (χ3v) is 4.63. The minimum Gasteiger partial charge on any atom is -0.493 e. The lowest BCUT2D eigenvalue weighted by Gasteiger charge is -2.18. The maximum Gasteiger partial charge on any atom is 0.338 e. The molecule has 0 aliphatic rings. The number of hydrogen-bond donors (Lipinski definition) is 1. The van der Waals surface area contributed by atoms with Crippen LogP contribution in [-0.4, -0.2) is 43.8 Å². The van der Waals surface area contributed by atoms with Gasteiger partial charge in [-0.15, -0.1) is 11.3 Å². The number of methoxy groups -OCH3 is 3. The van der Waals surface area contributed by atoms with Gasteiger partial charge in [-0.2, -0.15) is 0 Å². The Bertz CT molecular complexity index is 795. The van der Waals surface area contributed by atoms with E-state index in [1.165, 1.54) is 27.2 Å². The van der Waals surface area contributed by atoms with Crippen molar-refractivity contribution in [1.82, 2.24) is 0 Å². The Kier molecular flexibility index (Phi) is 5.10. The molecular weight excluding hydrogens is 339 g/mol. The fourth-order valence-corrected chi connectivity index (χ4v) is 3.29. The molecule has 6 nitrogen and oxygen atoms in total. The lowest BCUT2D eigenvalue weighted by molar-refractivity contribution is -0.160. The molecule has 0 bridgehead atoms. The molecule has 0 fully saturated rings. The highest BCUT2D eigenvalue weighted by Gasteiger charge is 2.35. The highest BCUT2D eigenvalue weighted by atomic mass is 32.1. The Morgan fingerprint density at radius 2 is 1.92 bits per heavy atom. The van der Waals surface area contributed by atoms with E-state index in [1.807, 2.05) is 0 Å². The summed E-state index contributed by atoms with van der Waals surface area (Å²) in [6.45, 7) is 1.19. The average Bonchev–Trinajstić information content (AvgIpc) is 2.97. The van der Waals surface area contributed by atoms with Gasteiger partial charge in [0.15, 0.2) is 28.7 Å². The van der Waals surface area contributed by atoms with Crippen LogP contribution < -0.4 is 9.47 Å². The first kappa shape index (κ1) is 18.2. The molecule has 1 aromatic heterocycles. The molecule has 0 radical (unpaired) electrons. The summed E-state index contributed by atoms with van der Waals surface area (Å²) >= 11 is 1.04. The van der Waals surface area contributed by atoms with Gasteiger partial charge < -0.3 is 19.3 Å². The monoisotopic (exact) mass is 356 g/mol. The zero-order valence-electron chi connectivity index (χ0n) is 13.6. The lowest BCUT2D eigenvalue weighted by atomic mass is 9.99. The predicted octanol–water partition coefficient (Wildman–Crippen LogP) is 2.55. The van der Waals surface area contributed by atoms with E-state index in [2.05, 4.69) is 4.74 Å². The van der Waals surface area contributed by atoms with Gasteiger partial charge in [-0.05, 0) is 13.0 Å². The first-order valence-corrected chi connectivity index (χ1v) is 7.74. The molecule has 8 heteroatoms. The molecule has 1 atom stereocenters. The number of carbonyl (C=O) groups excluding carboxylic acids is 2. The Labute approximate surface area is 141 Å². The third-order valence-electron chi connectivity index (χ3n) is 3.51. The van der Waals surface area contributed by atoms with E-state index in [9.17, 15) is 19.1 Å². The number of Topliss-reactive ketones (excluding diaryl/α,β-unsaturated/α-hetero) is 1. The van der Waals surface area contributed by atoms with E-state index in [-0.39, 0.29) is 21.8 Å². The van der Waals surface area contributed by atoms with Crippen molar-refractivity contribution in [2.75, 3.05) is 21.3 Å². The topological polar surface area (TPSA) is 82.1 Å². The van der Waals surface area contributed by atoms with Crippen molar-refractivity contribution in [3.8, 4) is 11.5 Å². The van der Waals surface area contributed by atoms with E-state index in [0.717, 1.165) is 18.4 Å². The van der Waals surface area contributed by atoms with E-state index < -0.39 is 29.6 Å². The molecular formula is C16H17FO6S. The van der Waals surface area contributed by atoms with E-state index >= 15 is 0 Å². The van der Waals surface area contributed by atoms with Gasteiger partial charge >= 0.3 is 5.97 Å². The Morgan fingerprint density at radius 3 is 2.46 bits per heavy atom. The highest BCUT2D eigenvalue weighted by molar-refractivity contribution is 7.20. The van der Waals surface area contributed by atoms with Crippen molar-refractivity contribution < 1.29 is 33.3 Å². The summed E-state index contributed by atoms with van der Waals surface area (Å²) in [5.41, 5.74) is -1.95. The number of aliphatic hydroxyl groups is 1. The van der Waals surface area contributed by atoms with Gasteiger partial charge in [-0.1, -0.05) is 0 Å².